The van der Waals surface area contributed by atoms with E-state index in [-0.39, 0.29) is 5.54 Å². The van der Waals surface area contributed by atoms with Crippen LogP contribution in [-0.2, 0) is 5.54 Å². The Kier molecular flexibility index (Phi) is 1.41. The topological polar surface area (TPSA) is 38.9 Å². The van der Waals surface area contributed by atoms with E-state index in [1.807, 2.05) is 12.1 Å². The van der Waals surface area contributed by atoms with Gasteiger partial charge in [-0.2, -0.15) is 0 Å². The van der Waals surface area contributed by atoms with Crippen LogP contribution in [0.25, 0.3) is 0 Å². The molecular weight excluding hydrogens is 160 g/mol. The first-order chi connectivity index (χ1) is 5.21. The number of hydrogen-bond donors (Lipinski definition) is 1. The van der Waals surface area contributed by atoms with Gasteiger partial charge in [-0.3, -0.25) is 0 Å². The van der Waals surface area contributed by atoms with Gasteiger partial charge in [0, 0.05) is 11.7 Å². The van der Waals surface area contributed by atoms with Crippen molar-refractivity contribution in [3.05, 3.63) is 29.0 Å². The van der Waals surface area contributed by atoms with Crippen LogP contribution in [0.4, 0.5) is 0 Å². The summed E-state index contributed by atoms with van der Waals surface area (Å²) in [5.41, 5.74) is 6.97. The van der Waals surface area contributed by atoms with Crippen molar-refractivity contribution in [1.82, 2.24) is 4.98 Å². The fourth-order valence-corrected chi connectivity index (χ4v) is 1.31. The zero-order valence-corrected chi connectivity index (χ0v) is 6.80. The Balaban J connectivity index is 2.38. The Morgan fingerprint density at radius 3 is 2.82 bits per heavy atom. The van der Waals surface area contributed by atoms with Crippen LogP contribution >= 0.6 is 11.6 Å². The number of rotatable bonds is 1. The molecule has 0 radical (unpaired) electrons. The quantitative estimate of drug-likeness (QED) is 0.649. The van der Waals surface area contributed by atoms with Crippen molar-refractivity contribution in [1.29, 1.82) is 0 Å². The van der Waals surface area contributed by atoms with Gasteiger partial charge in [-0.05, 0) is 30.5 Å². The summed E-state index contributed by atoms with van der Waals surface area (Å²) in [6.45, 7) is 0. The number of nitrogens with zero attached hydrogens (tertiary/aromatic N) is 1. The van der Waals surface area contributed by atoms with Crippen molar-refractivity contribution < 1.29 is 0 Å². The first-order valence-electron chi connectivity index (χ1n) is 3.62. The van der Waals surface area contributed by atoms with Crippen molar-refractivity contribution in [3.63, 3.8) is 0 Å². The molecule has 0 amide bonds. The van der Waals surface area contributed by atoms with Gasteiger partial charge < -0.3 is 5.73 Å². The van der Waals surface area contributed by atoms with Crippen molar-refractivity contribution in [2.24, 2.45) is 5.73 Å². The molecule has 58 valence electrons. The maximum absolute atomic E-state index is 5.95. The maximum Gasteiger partial charge on any atom is 0.129 e. The monoisotopic (exact) mass is 168 g/mol. The highest BCUT2D eigenvalue weighted by molar-refractivity contribution is 6.29. The highest BCUT2D eigenvalue weighted by Crippen LogP contribution is 2.42. The molecule has 0 bridgehead atoms. The Morgan fingerprint density at radius 1 is 1.55 bits per heavy atom. The normalized spacial score (nSPS) is 19.8. The van der Waals surface area contributed by atoms with Crippen molar-refractivity contribution in [3.8, 4) is 0 Å². The van der Waals surface area contributed by atoms with E-state index in [9.17, 15) is 0 Å². The lowest BCUT2D eigenvalue weighted by Gasteiger charge is -2.07. The predicted molar refractivity (Wildman–Crippen MR) is 44.3 cm³/mol. The van der Waals surface area contributed by atoms with Gasteiger partial charge in [0.05, 0.1) is 0 Å². The molecular formula is C8H9ClN2. The second kappa shape index (κ2) is 2.19. The van der Waals surface area contributed by atoms with E-state index >= 15 is 0 Å². The van der Waals surface area contributed by atoms with Crippen LogP contribution in [0.15, 0.2) is 18.3 Å². The Bertz CT molecular complexity index is 281. The molecule has 1 fully saturated rings. The first-order valence-corrected chi connectivity index (χ1v) is 3.99. The molecule has 2 rings (SSSR count). The number of halogens is 1. The van der Waals surface area contributed by atoms with E-state index in [2.05, 4.69) is 4.98 Å². The van der Waals surface area contributed by atoms with Crippen LogP contribution in [0.1, 0.15) is 18.4 Å². The Morgan fingerprint density at radius 2 is 2.27 bits per heavy atom. The zero-order chi connectivity index (χ0) is 7.90. The summed E-state index contributed by atoms with van der Waals surface area (Å²) in [4.78, 5) is 3.89. The molecule has 3 heteroatoms. The lowest BCUT2D eigenvalue weighted by atomic mass is 10.1. The molecule has 1 aliphatic carbocycles. The third-order valence-electron chi connectivity index (χ3n) is 2.09. The van der Waals surface area contributed by atoms with E-state index in [0.29, 0.717) is 5.15 Å². The molecule has 1 heterocycles. The van der Waals surface area contributed by atoms with Crippen molar-refractivity contribution >= 4 is 11.6 Å². The fourth-order valence-electron chi connectivity index (χ4n) is 1.14. The van der Waals surface area contributed by atoms with E-state index in [1.165, 1.54) is 0 Å². The summed E-state index contributed by atoms with van der Waals surface area (Å²) in [6, 6.07) is 3.77. The molecule has 1 saturated carbocycles. The summed E-state index contributed by atoms with van der Waals surface area (Å²) >= 11 is 5.71. The molecule has 1 aliphatic rings. The molecule has 1 aromatic rings. The van der Waals surface area contributed by atoms with Gasteiger partial charge >= 0.3 is 0 Å². The molecule has 0 spiro atoms. The van der Waals surface area contributed by atoms with Gasteiger partial charge in [0.15, 0.2) is 0 Å². The van der Waals surface area contributed by atoms with Crippen LogP contribution in [0, 0.1) is 0 Å². The Labute approximate surface area is 70.4 Å². The highest BCUT2D eigenvalue weighted by Gasteiger charge is 2.39. The Hall–Kier alpha value is -0.600. The van der Waals surface area contributed by atoms with Gasteiger partial charge in [0.25, 0.3) is 0 Å². The summed E-state index contributed by atoms with van der Waals surface area (Å²) in [5, 5.41) is 0.527. The number of aromatic nitrogens is 1. The third kappa shape index (κ3) is 1.24. The summed E-state index contributed by atoms with van der Waals surface area (Å²) in [5.74, 6) is 0. The maximum atomic E-state index is 5.95. The van der Waals surface area contributed by atoms with E-state index < -0.39 is 0 Å². The summed E-state index contributed by atoms with van der Waals surface area (Å²) in [6.07, 6.45) is 3.82. The van der Waals surface area contributed by atoms with Crippen molar-refractivity contribution in [2.75, 3.05) is 0 Å². The fraction of sp³-hybridized carbons (Fsp3) is 0.375. The molecule has 11 heavy (non-hydrogen) atoms. The van der Waals surface area contributed by atoms with Gasteiger partial charge in [-0.1, -0.05) is 11.6 Å². The number of hydrogen-bond acceptors (Lipinski definition) is 2. The lowest BCUT2D eigenvalue weighted by Crippen LogP contribution is -2.18. The lowest BCUT2D eigenvalue weighted by molar-refractivity contribution is 0.738. The number of nitrogens with two attached hydrogens (primary N) is 1. The number of pyridine rings is 1. The second-order valence-electron chi connectivity index (χ2n) is 3.02. The molecule has 0 atom stereocenters. The molecule has 0 aliphatic heterocycles. The zero-order valence-electron chi connectivity index (χ0n) is 6.05. The second-order valence-corrected chi connectivity index (χ2v) is 3.41. The smallest absolute Gasteiger partial charge is 0.129 e. The predicted octanol–water partition coefficient (Wildman–Crippen LogP) is 1.68. The molecule has 0 aromatic carbocycles. The van der Waals surface area contributed by atoms with E-state index in [4.69, 9.17) is 17.3 Å². The SMILES string of the molecule is NC1(c2ccnc(Cl)c2)CC1. The average molecular weight is 169 g/mol. The molecule has 1 aromatic heterocycles. The standard InChI is InChI=1S/C8H9ClN2/c9-7-5-6(1-4-11-7)8(10)2-3-8/h1,4-5H,2-3,10H2. The minimum absolute atomic E-state index is 0.0907. The molecule has 2 N–H and O–H groups in total. The third-order valence-corrected chi connectivity index (χ3v) is 2.30. The summed E-state index contributed by atoms with van der Waals surface area (Å²) in [7, 11) is 0. The van der Waals surface area contributed by atoms with Crippen LogP contribution < -0.4 is 5.73 Å². The van der Waals surface area contributed by atoms with Crippen LogP contribution in [0.3, 0.4) is 0 Å². The van der Waals surface area contributed by atoms with Crippen LogP contribution in [-0.4, -0.2) is 4.98 Å². The average Bonchev–Trinajstić information content (AvgIpc) is 2.70. The van der Waals surface area contributed by atoms with Crippen molar-refractivity contribution in [2.45, 2.75) is 18.4 Å². The first kappa shape index (κ1) is 7.07. The van der Waals surface area contributed by atoms with Crippen LogP contribution in [0.5, 0.6) is 0 Å². The van der Waals surface area contributed by atoms with Crippen LogP contribution in [0.2, 0.25) is 5.15 Å². The van der Waals surface area contributed by atoms with Gasteiger partial charge in [-0.25, -0.2) is 4.98 Å². The minimum Gasteiger partial charge on any atom is -0.321 e. The minimum atomic E-state index is -0.0907. The van der Waals surface area contributed by atoms with Gasteiger partial charge in [-0.15, -0.1) is 0 Å². The van der Waals surface area contributed by atoms with Gasteiger partial charge in [0.2, 0.25) is 0 Å². The van der Waals surface area contributed by atoms with E-state index in [0.717, 1.165) is 18.4 Å². The largest absolute Gasteiger partial charge is 0.321 e. The highest BCUT2D eigenvalue weighted by atomic mass is 35.5. The summed E-state index contributed by atoms with van der Waals surface area (Å²) < 4.78 is 0. The molecule has 0 saturated heterocycles. The molecule has 2 nitrogen and oxygen atoms in total. The molecule has 0 unspecified atom stereocenters. The van der Waals surface area contributed by atoms with Gasteiger partial charge in [0.1, 0.15) is 5.15 Å². The van der Waals surface area contributed by atoms with E-state index in [1.54, 1.807) is 6.20 Å².